The normalized spacial score (nSPS) is 23.0. The van der Waals surface area contributed by atoms with E-state index in [1.54, 1.807) is 18.2 Å². The van der Waals surface area contributed by atoms with Crippen LogP contribution in [0.3, 0.4) is 0 Å². The molecule has 4 nitrogen and oxygen atoms in total. The van der Waals surface area contributed by atoms with E-state index < -0.39 is 10.0 Å². The third-order valence-electron chi connectivity index (χ3n) is 2.45. The van der Waals surface area contributed by atoms with Crippen LogP contribution in [0.1, 0.15) is 13.3 Å². The fourth-order valence-electron chi connectivity index (χ4n) is 1.53. The second kappa shape index (κ2) is 4.35. The van der Waals surface area contributed by atoms with E-state index in [1.165, 1.54) is 0 Å². The number of hydrogen-bond donors (Lipinski definition) is 1. The van der Waals surface area contributed by atoms with Crippen LogP contribution in [0.25, 0.3) is 0 Å². The number of benzene rings is 1. The third-order valence-corrected chi connectivity index (χ3v) is 4.40. The maximum Gasteiger partial charge on any atom is 0.244 e. The number of rotatable bonds is 1. The zero-order valence-corrected chi connectivity index (χ0v) is 11.1. The number of ether oxygens (including phenoxy) is 1. The molecule has 1 aromatic rings. The van der Waals surface area contributed by atoms with E-state index in [9.17, 15) is 8.42 Å². The van der Waals surface area contributed by atoms with Crippen LogP contribution < -0.4 is 9.46 Å². The minimum absolute atomic E-state index is 0.120. The molecular weight excluding hydrogens is 294 g/mol. The molecule has 0 spiro atoms. The smallest absolute Gasteiger partial charge is 0.244 e. The highest BCUT2D eigenvalue weighted by Gasteiger charge is 2.26. The summed E-state index contributed by atoms with van der Waals surface area (Å²) < 4.78 is 32.7. The van der Waals surface area contributed by atoms with Gasteiger partial charge in [-0.25, -0.2) is 13.1 Å². The minimum Gasteiger partial charge on any atom is -0.488 e. The summed E-state index contributed by atoms with van der Waals surface area (Å²) in [7, 11) is -3.43. The van der Waals surface area contributed by atoms with E-state index in [0.717, 1.165) is 10.9 Å². The van der Waals surface area contributed by atoms with Crippen LogP contribution in [0.5, 0.6) is 5.75 Å². The SMILES string of the molecule is CC[C@@H]1CNS(=O)(=O)c2ccc(Br)cc2O1. The molecule has 1 aliphatic rings. The topological polar surface area (TPSA) is 55.4 Å². The average Bonchev–Trinajstić information content (AvgIpc) is 2.35. The minimum atomic E-state index is -3.43. The maximum absolute atomic E-state index is 11.9. The predicted molar refractivity (Wildman–Crippen MR) is 64.0 cm³/mol. The van der Waals surface area contributed by atoms with Crippen molar-refractivity contribution in [2.24, 2.45) is 0 Å². The Kier molecular flexibility index (Phi) is 3.23. The van der Waals surface area contributed by atoms with Gasteiger partial charge in [-0.2, -0.15) is 0 Å². The first kappa shape index (κ1) is 11.9. The lowest BCUT2D eigenvalue weighted by atomic mass is 10.2. The summed E-state index contributed by atoms with van der Waals surface area (Å²) in [6.45, 7) is 2.27. The lowest BCUT2D eigenvalue weighted by Gasteiger charge is -2.13. The van der Waals surface area contributed by atoms with Crippen molar-refractivity contribution in [1.29, 1.82) is 0 Å². The van der Waals surface area contributed by atoms with E-state index in [0.29, 0.717) is 12.3 Å². The van der Waals surface area contributed by atoms with Gasteiger partial charge in [0.2, 0.25) is 10.0 Å². The first-order chi connectivity index (χ1) is 7.53. The predicted octanol–water partition coefficient (Wildman–Crippen LogP) is 1.90. The summed E-state index contributed by atoms with van der Waals surface area (Å²) in [5.74, 6) is 0.409. The van der Waals surface area contributed by atoms with Crippen molar-refractivity contribution in [3.63, 3.8) is 0 Å². The van der Waals surface area contributed by atoms with Gasteiger partial charge in [-0.05, 0) is 24.6 Å². The summed E-state index contributed by atoms with van der Waals surface area (Å²) in [4.78, 5) is 0.201. The highest BCUT2D eigenvalue weighted by atomic mass is 79.9. The van der Waals surface area contributed by atoms with Gasteiger partial charge in [0.05, 0.1) is 0 Å². The van der Waals surface area contributed by atoms with Crippen molar-refractivity contribution < 1.29 is 13.2 Å². The van der Waals surface area contributed by atoms with Crippen LogP contribution in [0, 0.1) is 0 Å². The third kappa shape index (κ3) is 2.23. The van der Waals surface area contributed by atoms with Gasteiger partial charge < -0.3 is 4.74 Å². The molecule has 0 saturated heterocycles. The summed E-state index contributed by atoms with van der Waals surface area (Å²) in [6, 6.07) is 4.91. The van der Waals surface area contributed by atoms with Gasteiger partial charge in [-0.3, -0.25) is 0 Å². The molecule has 1 aliphatic heterocycles. The Morgan fingerprint density at radius 2 is 2.31 bits per heavy atom. The van der Waals surface area contributed by atoms with Gasteiger partial charge in [-0.15, -0.1) is 0 Å². The lowest BCUT2D eigenvalue weighted by Crippen LogP contribution is -2.31. The molecule has 0 aliphatic carbocycles. The molecule has 6 heteroatoms. The fourth-order valence-corrected chi connectivity index (χ4v) is 3.05. The first-order valence-electron chi connectivity index (χ1n) is 4.99. The number of fused-ring (bicyclic) bond motifs is 1. The quantitative estimate of drug-likeness (QED) is 0.862. The highest BCUT2D eigenvalue weighted by molar-refractivity contribution is 9.10. The number of nitrogens with one attached hydrogen (secondary N) is 1. The molecule has 1 N–H and O–H groups in total. The van der Waals surface area contributed by atoms with Crippen LogP contribution in [-0.2, 0) is 10.0 Å². The van der Waals surface area contributed by atoms with Crippen LogP contribution in [0.4, 0.5) is 0 Å². The monoisotopic (exact) mass is 305 g/mol. The maximum atomic E-state index is 11.9. The number of sulfonamides is 1. The molecule has 1 aromatic carbocycles. The standard InChI is InChI=1S/C10H12BrNO3S/c1-2-8-6-12-16(13,14)10-4-3-7(11)5-9(10)15-8/h3-5,8,12H,2,6H2,1H3/t8-/m1/s1. The zero-order valence-electron chi connectivity index (χ0n) is 8.73. The van der Waals surface area contributed by atoms with Crippen LogP contribution in [-0.4, -0.2) is 21.1 Å². The largest absolute Gasteiger partial charge is 0.488 e. The fraction of sp³-hybridized carbons (Fsp3) is 0.400. The Balaban J connectivity index is 2.53. The van der Waals surface area contributed by atoms with E-state index in [-0.39, 0.29) is 11.0 Å². The molecule has 0 fully saturated rings. The van der Waals surface area contributed by atoms with Crippen molar-refractivity contribution in [2.75, 3.05) is 6.54 Å². The number of halogens is 1. The Bertz CT molecular complexity index is 501. The first-order valence-corrected chi connectivity index (χ1v) is 7.26. The van der Waals surface area contributed by atoms with Crippen molar-refractivity contribution >= 4 is 26.0 Å². The summed E-state index contributed by atoms with van der Waals surface area (Å²) in [5.41, 5.74) is 0. The van der Waals surface area contributed by atoms with E-state index in [1.807, 2.05) is 6.92 Å². The van der Waals surface area contributed by atoms with Crippen molar-refractivity contribution in [3.8, 4) is 5.75 Å². The van der Waals surface area contributed by atoms with Gasteiger partial charge in [0.15, 0.2) is 0 Å². The Hall–Kier alpha value is -0.590. The highest BCUT2D eigenvalue weighted by Crippen LogP contribution is 2.30. The second-order valence-corrected chi connectivity index (χ2v) is 6.24. The summed E-state index contributed by atoms with van der Waals surface area (Å²) in [5, 5.41) is 0. The summed E-state index contributed by atoms with van der Waals surface area (Å²) in [6.07, 6.45) is 0.638. The molecular formula is C10H12BrNO3S. The van der Waals surface area contributed by atoms with Crippen LogP contribution in [0.15, 0.2) is 27.6 Å². The van der Waals surface area contributed by atoms with Gasteiger partial charge in [0.25, 0.3) is 0 Å². The van der Waals surface area contributed by atoms with Gasteiger partial charge in [0.1, 0.15) is 16.7 Å². The van der Waals surface area contributed by atoms with E-state index >= 15 is 0 Å². The molecule has 0 saturated carbocycles. The molecule has 0 aromatic heterocycles. The molecule has 1 heterocycles. The van der Waals surface area contributed by atoms with Crippen LogP contribution in [0.2, 0.25) is 0 Å². The average molecular weight is 306 g/mol. The molecule has 16 heavy (non-hydrogen) atoms. The van der Waals surface area contributed by atoms with E-state index in [2.05, 4.69) is 20.7 Å². The second-order valence-electron chi connectivity index (χ2n) is 3.59. The summed E-state index contributed by atoms with van der Waals surface area (Å²) >= 11 is 3.30. The van der Waals surface area contributed by atoms with E-state index in [4.69, 9.17) is 4.74 Å². The molecule has 0 radical (unpaired) electrons. The zero-order chi connectivity index (χ0) is 11.8. The Morgan fingerprint density at radius 3 is 3.00 bits per heavy atom. The lowest BCUT2D eigenvalue weighted by molar-refractivity contribution is 0.200. The molecule has 2 rings (SSSR count). The number of hydrogen-bond acceptors (Lipinski definition) is 3. The molecule has 1 atom stereocenters. The Labute approximate surface area is 103 Å². The van der Waals surface area contributed by atoms with Crippen molar-refractivity contribution in [1.82, 2.24) is 4.72 Å². The van der Waals surface area contributed by atoms with Crippen molar-refractivity contribution in [2.45, 2.75) is 24.3 Å². The van der Waals surface area contributed by atoms with Crippen LogP contribution >= 0.6 is 15.9 Å². The molecule has 0 amide bonds. The molecule has 0 bridgehead atoms. The van der Waals surface area contributed by atoms with Gasteiger partial charge in [0, 0.05) is 11.0 Å². The van der Waals surface area contributed by atoms with Gasteiger partial charge in [-0.1, -0.05) is 22.9 Å². The molecule has 88 valence electrons. The van der Waals surface area contributed by atoms with Crippen molar-refractivity contribution in [3.05, 3.63) is 22.7 Å². The van der Waals surface area contributed by atoms with Gasteiger partial charge >= 0.3 is 0 Å². The molecule has 0 unspecified atom stereocenters. The Morgan fingerprint density at radius 1 is 1.56 bits per heavy atom.